The summed E-state index contributed by atoms with van der Waals surface area (Å²) in [5.41, 5.74) is 5.16. The van der Waals surface area contributed by atoms with Crippen LogP contribution in [0.25, 0.3) is 0 Å². The summed E-state index contributed by atoms with van der Waals surface area (Å²) in [7, 11) is 1.59. The van der Waals surface area contributed by atoms with E-state index in [1.807, 2.05) is 20.8 Å². The van der Waals surface area contributed by atoms with E-state index in [9.17, 15) is 9.59 Å². The summed E-state index contributed by atoms with van der Waals surface area (Å²) in [6, 6.07) is -0.686. The van der Waals surface area contributed by atoms with Crippen LogP contribution in [-0.4, -0.2) is 36.6 Å². The number of carbonyl (C=O) groups is 2. The van der Waals surface area contributed by atoms with Crippen molar-refractivity contribution in [3.05, 3.63) is 0 Å². The van der Waals surface area contributed by atoms with E-state index in [-0.39, 0.29) is 17.9 Å². The Bertz CT molecular complexity index is 291. The van der Waals surface area contributed by atoms with Crippen molar-refractivity contribution in [3.63, 3.8) is 0 Å². The molecule has 1 aliphatic rings. The van der Waals surface area contributed by atoms with Crippen molar-refractivity contribution >= 4 is 11.9 Å². The van der Waals surface area contributed by atoms with Crippen LogP contribution in [0.15, 0.2) is 0 Å². The lowest BCUT2D eigenvalue weighted by Gasteiger charge is -2.30. The molecule has 98 valence electrons. The fraction of sp³-hybridized carbons (Fsp3) is 0.818. The molecule has 1 amide bonds. The minimum absolute atomic E-state index is 0.0832. The summed E-state index contributed by atoms with van der Waals surface area (Å²) in [4.78, 5) is 23.1. The molecular formula is C11H21N3O3. The quantitative estimate of drug-likeness (QED) is 0.580. The highest BCUT2D eigenvalue weighted by molar-refractivity contribution is 5.82. The van der Waals surface area contributed by atoms with Gasteiger partial charge in [-0.05, 0) is 33.6 Å². The predicted octanol–water partition coefficient (Wildman–Crippen LogP) is -0.301. The first-order valence-electron chi connectivity index (χ1n) is 5.79. The maximum atomic E-state index is 11.7. The van der Waals surface area contributed by atoms with Gasteiger partial charge in [-0.3, -0.25) is 9.59 Å². The summed E-state index contributed by atoms with van der Waals surface area (Å²) in [6.07, 6.45) is 1.19. The van der Waals surface area contributed by atoms with Gasteiger partial charge in [-0.25, -0.2) is 10.9 Å². The van der Waals surface area contributed by atoms with E-state index >= 15 is 0 Å². The number of hydrogen-bond acceptors (Lipinski definition) is 5. The normalized spacial score (nSPS) is 25.2. The van der Waals surface area contributed by atoms with Crippen molar-refractivity contribution in [2.45, 2.75) is 51.3 Å². The highest BCUT2D eigenvalue weighted by Gasteiger charge is 2.31. The van der Waals surface area contributed by atoms with E-state index in [1.165, 1.54) is 0 Å². The van der Waals surface area contributed by atoms with Crippen LogP contribution in [0.3, 0.4) is 0 Å². The first-order chi connectivity index (χ1) is 7.83. The molecule has 1 aliphatic heterocycles. The minimum atomic E-state index is -0.490. The predicted molar refractivity (Wildman–Crippen MR) is 63.0 cm³/mol. The van der Waals surface area contributed by atoms with Crippen LogP contribution in [-0.2, 0) is 14.3 Å². The van der Waals surface area contributed by atoms with Crippen molar-refractivity contribution in [1.29, 1.82) is 0 Å². The van der Waals surface area contributed by atoms with E-state index < -0.39 is 11.6 Å². The second-order valence-corrected chi connectivity index (χ2v) is 5.12. The molecular weight excluding hydrogens is 222 g/mol. The molecule has 1 fully saturated rings. The molecule has 0 aromatic heterocycles. The Labute approximate surface area is 101 Å². The first kappa shape index (κ1) is 13.9. The Morgan fingerprint density at radius 2 is 1.71 bits per heavy atom. The fourth-order valence-corrected chi connectivity index (χ4v) is 1.60. The standard InChI is InChI=1S/C11H21N3O3/c1-11(2,3)17-10(16)8-6-5-7(13-14-8)9(15)12-4/h7-8,13-14H,5-6H2,1-4H3,(H,12,15)/t7-,8?/m0/s1. The number of rotatable bonds is 2. The molecule has 0 saturated carbocycles. The van der Waals surface area contributed by atoms with Crippen LogP contribution in [0.2, 0.25) is 0 Å². The Balaban J connectivity index is 2.42. The van der Waals surface area contributed by atoms with Crippen LogP contribution in [0.5, 0.6) is 0 Å². The average molecular weight is 243 g/mol. The van der Waals surface area contributed by atoms with E-state index in [0.717, 1.165) is 0 Å². The number of esters is 1. The van der Waals surface area contributed by atoms with Gasteiger partial charge in [0.1, 0.15) is 11.6 Å². The number of likely N-dealkylation sites (N-methyl/N-ethyl adjacent to an activating group) is 1. The summed E-state index contributed by atoms with van der Waals surface area (Å²) < 4.78 is 5.26. The summed E-state index contributed by atoms with van der Waals surface area (Å²) >= 11 is 0. The van der Waals surface area contributed by atoms with Gasteiger partial charge < -0.3 is 10.1 Å². The molecule has 0 spiro atoms. The van der Waals surface area contributed by atoms with Crippen LogP contribution in [0.1, 0.15) is 33.6 Å². The van der Waals surface area contributed by atoms with Crippen LogP contribution >= 0.6 is 0 Å². The average Bonchev–Trinajstić information content (AvgIpc) is 2.26. The minimum Gasteiger partial charge on any atom is -0.459 e. The molecule has 1 rings (SSSR count). The maximum Gasteiger partial charge on any atom is 0.325 e. The van der Waals surface area contributed by atoms with Crippen LogP contribution < -0.4 is 16.2 Å². The summed E-state index contributed by atoms with van der Waals surface area (Å²) in [6.45, 7) is 5.48. The lowest BCUT2D eigenvalue weighted by molar-refractivity contribution is -0.159. The van der Waals surface area contributed by atoms with Crippen molar-refractivity contribution in [3.8, 4) is 0 Å². The van der Waals surface area contributed by atoms with Gasteiger partial charge in [0.15, 0.2) is 0 Å². The Hall–Kier alpha value is -1.14. The first-order valence-corrected chi connectivity index (χ1v) is 5.79. The molecule has 1 unspecified atom stereocenters. The molecule has 6 heteroatoms. The number of ether oxygens (including phenoxy) is 1. The van der Waals surface area contributed by atoms with Crippen molar-refractivity contribution < 1.29 is 14.3 Å². The van der Waals surface area contributed by atoms with E-state index in [2.05, 4.69) is 16.2 Å². The van der Waals surface area contributed by atoms with Crippen molar-refractivity contribution in [2.75, 3.05) is 7.05 Å². The van der Waals surface area contributed by atoms with E-state index in [4.69, 9.17) is 4.74 Å². The third-order valence-corrected chi connectivity index (χ3v) is 2.43. The molecule has 2 atom stereocenters. The number of hydrazine groups is 1. The monoisotopic (exact) mass is 243 g/mol. The van der Waals surface area contributed by atoms with Gasteiger partial charge in [0.2, 0.25) is 5.91 Å². The van der Waals surface area contributed by atoms with Gasteiger partial charge in [-0.15, -0.1) is 0 Å². The molecule has 1 heterocycles. The molecule has 0 aromatic rings. The van der Waals surface area contributed by atoms with Crippen LogP contribution in [0, 0.1) is 0 Å². The number of hydrogen-bond donors (Lipinski definition) is 3. The van der Waals surface area contributed by atoms with Gasteiger partial charge in [0.25, 0.3) is 0 Å². The van der Waals surface area contributed by atoms with Crippen molar-refractivity contribution in [2.24, 2.45) is 0 Å². The molecule has 0 bridgehead atoms. The van der Waals surface area contributed by atoms with E-state index in [0.29, 0.717) is 12.8 Å². The third-order valence-electron chi connectivity index (χ3n) is 2.43. The Morgan fingerprint density at radius 3 is 2.12 bits per heavy atom. The maximum absolute atomic E-state index is 11.7. The molecule has 3 N–H and O–H groups in total. The zero-order valence-electron chi connectivity index (χ0n) is 10.8. The highest BCUT2D eigenvalue weighted by atomic mass is 16.6. The highest BCUT2D eigenvalue weighted by Crippen LogP contribution is 2.13. The molecule has 0 aromatic carbocycles. The second kappa shape index (κ2) is 5.46. The van der Waals surface area contributed by atoms with E-state index in [1.54, 1.807) is 7.05 Å². The van der Waals surface area contributed by atoms with Crippen LogP contribution in [0.4, 0.5) is 0 Å². The third kappa shape index (κ3) is 4.32. The lowest BCUT2D eigenvalue weighted by atomic mass is 10.0. The second-order valence-electron chi connectivity index (χ2n) is 5.12. The molecule has 6 nitrogen and oxygen atoms in total. The summed E-state index contributed by atoms with van der Waals surface area (Å²) in [5, 5.41) is 2.56. The Kier molecular flexibility index (Phi) is 4.47. The largest absolute Gasteiger partial charge is 0.459 e. The van der Waals surface area contributed by atoms with Gasteiger partial charge in [-0.2, -0.15) is 0 Å². The van der Waals surface area contributed by atoms with Crippen molar-refractivity contribution in [1.82, 2.24) is 16.2 Å². The summed E-state index contributed by atoms with van der Waals surface area (Å²) in [5.74, 6) is -0.375. The molecule has 0 aliphatic carbocycles. The number of nitrogens with one attached hydrogen (secondary N) is 3. The van der Waals surface area contributed by atoms with Gasteiger partial charge in [0, 0.05) is 7.05 Å². The van der Waals surface area contributed by atoms with Gasteiger partial charge in [0.05, 0.1) is 6.04 Å². The SMILES string of the molecule is CNC(=O)[C@@H]1CCC(C(=O)OC(C)(C)C)NN1. The number of carbonyl (C=O) groups excluding carboxylic acids is 2. The Morgan fingerprint density at radius 1 is 1.18 bits per heavy atom. The lowest BCUT2D eigenvalue weighted by Crippen LogP contribution is -2.59. The fourth-order valence-electron chi connectivity index (χ4n) is 1.60. The topological polar surface area (TPSA) is 79.5 Å². The zero-order chi connectivity index (χ0) is 13.1. The van der Waals surface area contributed by atoms with Gasteiger partial charge >= 0.3 is 5.97 Å². The molecule has 0 radical (unpaired) electrons. The van der Waals surface area contributed by atoms with Gasteiger partial charge in [-0.1, -0.05) is 0 Å². The molecule has 17 heavy (non-hydrogen) atoms. The zero-order valence-corrected chi connectivity index (χ0v) is 10.8. The smallest absolute Gasteiger partial charge is 0.325 e. The molecule has 1 saturated heterocycles. The number of amides is 1.